The highest BCUT2D eigenvalue weighted by Gasteiger charge is 2.39. The number of nitrogen functional groups attached to an aromatic ring is 1. The number of amidine groups is 1. The maximum atomic E-state index is 7.36. The van der Waals surface area contributed by atoms with E-state index in [0.29, 0.717) is 12.0 Å². The molecule has 0 saturated carbocycles. The summed E-state index contributed by atoms with van der Waals surface area (Å²) in [6.45, 7) is 0. The molecule has 2 fully saturated rings. The average molecular weight is 215 g/mol. The highest BCUT2D eigenvalue weighted by atomic mass is 15.0. The Morgan fingerprint density at radius 3 is 2.50 bits per heavy atom. The molecule has 1 aromatic rings. The first-order valence-electron chi connectivity index (χ1n) is 5.94. The Hall–Kier alpha value is -1.35. The van der Waals surface area contributed by atoms with E-state index in [0.717, 1.165) is 11.6 Å². The Labute approximate surface area is 95.5 Å². The molecule has 0 spiro atoms. The van der Waals surface area contributed by atoms with Crippen LogP contribution in [-0.2, 0) is 0 Å². The Morgan fingerprint density at radius 2 is 2.00 bits per heavy atom. The van der Waals surface area contributed by atoms with Crippen molar-refractivity contribution in [1.29, 1.82) is 5.41 Å². The summed E-state index contributed by atoms with van der Waals surface area (Å²) in [4.78, 5) is 0. The molecule has 2 aliphatic rings. The molecular weight excluding hydrogens is 198 g/mol. The van der Waals surface area contributed by atoms with Gasteiger partial charge < -0.3 is 11.1 Å². The lowest BCUT2D eigenvalue weighted by molar-refractivity contribution is 0.506. The lowest BCUT2D eigenvalue weighted by Gasteiger charge is -2.20. The predicted molar refractivity (Wildman–Crippen MR) is 64.8 cm³/mol. The van der Waals surface area contributed by atoms with Crippen LogP contribution in [0, 0.1) is 5.41 Å². The number of nitrogens with two attached hydrogens (primary N) is 1. The Morgan fingerprint density at radius 1 is 1.25 bits per heavy atom. The van der Waals surface area contributed by atoms with Crippen molar-refractivity contribution in [2.75, 3.05) is 0 Å². The summed E-state index contributed by atoms with van der Waals surface area (Å²) in [5.74, 6) is 0.817. The van der Waals surface area contributed by atoms with Crippen molar-refractivity contribution in [3.63, 3.8) is 0 Å². The van der Waals surface area contributed by atoms with E-state index in [2.05, 4.69) is 17.4 Å². The molecule has 2 aliphatic heterocycles. The van der Waals surface area contributed by atoms with Crippen molar-refractivity contribution in [3.05, 3.63) is 35.4 Å². The standard InChI is InChI=1S/C13H17N3/c14-13(15)9-3-1-8(2-4-9)11-7-10-5-6-12(11)16-10/h1-4,10-12,16H,5-7H2,(H3,14,15). The molecule has 2 heterocycles. The van der Waals surface area contributed by atoms with Crippen molar-refractivity contribution in [3.8, 4) is 0 Å². The number of hydrogen-bond donors (Lipinski definition) is 3. The third kappa shape index (κ3) is 1.52. The van der Waals surface area contributed by atoms with E-state index in [9.17, 15) is 0 Å². The summed E-state index contributed by atoms with van der Waals surface area (Å²) < 4.78 is 0. The molecule has 3 rings (SSSR count). The van der Waals surface area contributed by atoms with Crippen LogP contribution in [0.5, 0.6) is 0 Å². The van der Waals surface area contributed by atoms with Gasteiger partial charge in [-0.25, -0.2) is 0 Å². The normalized spacial score (nSPS) is 31.9. The number of benzene rings is 1. The van der Waals surface area contributed by atoms with Crippen LogP contribution in [0.1, 0.15) is 36.3 Å². The number of hydrogen-bond acceptors (Lipinski definition) is 2. The second kappa shape index (κ2) is 3.59. The monoisotopic (exact) mass is 215 g/mol. The largest absolute Gasteiger partial charge is 0.384 e. The van der Waals surface area contributed by atoms with Gasteiger partial charge in [0.05, 0.1) is 0 Å². The lowest BCUT2D eigenvalue weighted by atomic mass is 9.84. The first kappa shape index (κ1) is 9.85. The summed E-state index contributed by atoms with van der Waals surface area (Å²) in [6, 6.07) is 9.59. The van der Waals surface area contributed by atoms with Gasteiger partial charge >= 0.3 is 0 Å². The van der Waals surface area contributed by atoms with Gasteiger partial charge in [0.1, 0.15) is 5.84 Å². The van der Waals surface area contributed by atoms with Crippen LogP contribution < -0.4 is 11.1 Å². The first-order valence-corrected chi connectivity index (χ1v) is 5.94. The summed E-state index contributed by atoms with van der Waals surface area (Å²) in [7, 11) is 0. The molecule has 0 aliphatic carbocycles. The van der Waals surface area contributed by atoms with E-state index in [4.69, 9.17) is 11.1 Å². The van der Waals surface area contributed by atoms with Crippen LogP contribution in [0.25, 0.3) is 0 Å². The highest BCUT2D eigenvalue weighted by Crippen LogP contribution is 2.39. The minimum Gasteiger partial charge on any atom is -0.384 e. The van der Waals surface area contributed by atoms with Crippen LogP contribution in [0.3, 0.4) is 0 Å². The Balaban J connectivity index is 1.82. The fourth-order valence-electron chi connectivity index (χ4n) is 3.10. The zero-order chi connectivity index (χ0) is 11.1. The van der Waals surface area contributed by atoms with Gasteiger partial charge in [-0.05, 0) is 24.8 Å². The van der Waals surface area contributed by atoms with Crippen LogP contribution in [0.15, 0.2) is 24.3 Å². The minimum atomic E-state index is 0.151. The predicted octanol–water partition coefficient (Wildman–Crippen LogP) is 1.58. The molecule has 3 nitrogen and oxygen atoms in total. The molecule has 4 N–H and O–H groups in total. The van der Waals surface area contributed by atoms with E-state index in [-0.39, 0.29) is 5.84 Å². The van der Waals surface area contributed by atoms with Crippen LogP contribution in [-0.4, -0.2) is 17.9 Å². The van der Waals surface area contributed by atoms with Gasteiger partial charge in [-0.1, -0.05) is 24.3 Å². The van der Waals surface area contributed by atoms with Gasteiger partial charge in [-0.15, -0.1) is 0 Å². The molecule has 0 amide bonds. The highest BCUT2D eigenvalue weighted by molar-refractivity contribution is 5.94. The molecule has 3 heteroatoms. The van der Waals surface area contributed by atoms with Gasteiger partial charge in [0.25, 0.3) is 0 Å². The van der Waals surface area contributed by atoms with Gasteiger partial charge in [0.15, 0.2) is 0 Å². The molecule has 84 valence electrons. The smallest absolute Gasteiger partial charge is 0.122 e. The third-order valence-corrected chi connectivity index (χ3v) is 3.95. The van der Waals surface area contributed by atoms with E-state index in [1.165, 1.54) is 24.8 Å². The summed E-state index contributed by atoms with van der Waals surface area (Å²) in [6.07, 6.45) is 3.92. The van der Waals surface area contributed by atoms with Crippen molar-refractivity contribution < 1.29 is 0 Å². The molecule has 0 aromatic heterocycles. The molecule has 3 atom stereocenters. The summed E-state index contributed by atoms with van der Waals surface area (Å²) in [5.41, 5.74) is 7.66. The number of nitrogens with one attached hydrogen (secondary N) is 2. The Kier molecular flexibility index (Phi) is 2.21. The average Bonchev–Trinajstić information content (AvgIpc) is 2.91. The van der Waals surface area contributed by atoms with Gasteiger partial charge in [0.2, 0.25) is 0 Å². The van der Waals surface area contributed by atoms with E-state index in [1.807, 2.05) is 12.1 Å². The van der Waals surface area contributed by atoms with Crippen LogP contribution in [0.2, 0.25) is 0 Å². The van der Waals surface area contributed by atoms with Gasteiger partial charge in [0, 0.05) is 23.6 Å². The SMILES string of the molecule is N=C(N)c1ccc(C2CC3CCC2N3)cc1. The maximum Gasteiger partial charge on any atom is 0.122 e. The topological polar surface area (TPSA) is 61.9 Å². The van der Waals surface area contributed by atoms with E-state index in [1.54, 1.807) is 0 Å². The quantitative estimate of drug-likeness (QED) is 0.518. The zero-order valence-corrected chi connectivity index (χ0v) is 9.24. The third-order valence-electron chi connectivity index (χ3n) is 3.95. The molecule has 0 radical (unpaired) electrons. The molecule has 1 aromatic carbocycles. The second-order valence-electron chi connectivity index (χ2n) is 4.93. The number of rotatable bonds is 2. The number of fused-ring (bicyclic) bond motifs is 2. The van der Waals surface area contributed by atoms with E-state index >= 15 is 0 Å². The molecule has 2 bridgehead atoms. The second-order valence-corrected chi connectivity index (χ2v) is 4.93. The molecule has 16 heavy (non-hydrogen) atoms. The summed E-state index contributed by atoms with van der Waals surface area (Å²) >= 11 is 0. The molecular formula is C13H17N3. The van der Waals surface area contributed by atoms with Gasteiger partial charge in [-0.3, -0.25) is 5.41 Å². The fourth-order valence-corrected chi connectivity index (χ4v) is 3.10. The minimum absolute atomic E-state index is 0.151. The summed E-state index contributed by atoms with van der Waals surface area (Å²) in [5, 5.41) is 11.0. The lowest BCUT2D eigenvalue weighted by Crippen LogP contribution is -2.21. The van der Waals surface area contributed by atoms with Crippen molar-refractivity contribution in [2.45, 2.75) is 37.3 Å². The van der Waals surface area contributed by atoms with Crippen molar-refractivity contribution in [1.82, 2.24) is 5.32 Å². The maximum absolute atomic E-state index is 7.36. The van der Waals surface area contributed by atoms with Crippen LogP contribution in [0.4, 0.5) is 0 Å². The van der Waals surface area contributed by atoms with E-state index < -0.39 is 0 Å². The Bertz CT molecular complexity index is 410. The fraction of sp³-hybridized carbons (Fsp3) is 0.462. The molecule has 3 unspecified atom stereocenters. The van der Waals surface area contributed by atoms with Gasteiger partial charge in [-0.2, -0.15) is 0 Å². The zero-order valence-electron chi connectivity index (χ0n) is 9.24. The van der Waals surface area contributed by atoms with Crippen LogP contribution >= 0.6 is 0 Å². The van der Waals surface area contributed by atoms with Crippen molar-refractivity contribution >= 4 is 5.84 Å². The molecule has 2 saturated heterocycles. The first-order chi connectivity index (χ1) is 7.74. The van der Waals surface area contributed by atoms with Crippen molar-refractivity contribution in [2.24, 2.45) is 5.73 Å².